The van der Waals surface area contributed by atoms with E-state index in [1.165, 1.54) is 12.1 Å². The molecule has 30 heavy (non-hydrogen) atoms. The molecule has 1 aromatic heterocycles. The number of hydrogen-bond donors (Lipinski definition) is 3. The zero-order valence-corrected chi connectivity index (χ0v) is 16.7. The number of nitrogens with zero attached hydrogens (tertiary/aromatic N) is 1. The standard InChI is InChI=1S/C22H27F3N4O/c23-22(24,25)19-3-1-18(2-4-19)20(28-14-9-16-5-10-26-11-6-16)21(30)29-15-17-7-12-27-13-8-17/h1-4,7-8,12-13,16,20,26,28H,5-6,9-11,14-15H2,(H,29,30). The highest BCUT2D eigenvalue weighted by Crippen LogP contribution is 2.30. The molecule has 1 aliphatic heterocycles. The number of halogens is 3. The van der Waals surface area contributed by atoms with Gasteiger partial charge in [-0.05, 0) is 80.2 Å². The minimum atomic E-state index is -4.40. The highest BCUT2D eigenvalue weighted by molar-refractivity contribution is 5.83. The lowest BCUT2D eigenvalue weighted by atomic mass is 9.94. The van der Waals surface area contributed by atoms with Crippen molar-refractivity contribution in [1.29, 1.82) is 0 Å². The van der Waals surface area contributed by atoms with Crippen molar-refractivity contribution in [3.8, 4) is 0 Å². The van der Waals surface area contributed by atoms with Gasteiger partial charge in [0.1, 0.15) is 6.04 Å². The fourth-order valence-corrected chi connectivity index (χ4v) is 3.62. The second-order valence-corrected chi connectivity index (χ2v) is 7.56. The van der Waals surface area contributed by atoms with E-state index in [4.69, 9.17) is 0 Å². The molecule has 1 atom stereocenters. The Balaban J connectivity index is 1.66. The largest absolute Gasteiger partial charge is 0.416 e. The van der Waals surface area contributed by atoms with Gasteiger partial charge in [0, 0.05) is 18.9 Å². The Hall–Kier alpha value is -2.45. The van der Waals surface area contributed by atoms with Gasteiger partial charge in [0.05, 0.1) is 5.56 Å². The van der Waals surface area contributed by atoms with Crippen molar-refractivity contribution in [2.75, 3.05) is 19.6 Å². The Morgan fingerprint density at radius 3 is 2.40 bits per heavy atom. The van der Waals surface area contributed by atoms with Crippen LogP contribution in [0, 0.1) is 5.92 Å². The number of amides is 1. The van der Waals surface area contributed by atoms with Crippen molar-refractivity contribution >= 4 is 5.91 Å². The van der Waals surface area contributed by atoms with Crippen molar-refractivity contribution in [2.24, 2.45) is 5.92 Å². The van der Waals surface area contributed by atoms with Crippen LogP contribution in [0.4, 0.5) is 13.2 Å². The first-order chi connectivity index (χ1) is 14.4. The highest BCUT2D eigenvalue weighted by atomic mass is 19.4. The van der Waals surface area contributed by atoms with Crippen molar-refractivity contribution in [2.45, 2.75) is 38.0 Å². The molecule has 0 bridgehead atoms. The normalized spacial score (nSPS) is 16.2. The first-order valence-corrected chi connectivity index (χ1v) is 10.2. The molecule has 1 fully saturated rings. The van der Waals surface area contributed by atoms with E-state index >= 15 is 0 Å². The summed E-state index contributed by atoms with van der Waals surface area (Å²) >= 11 is 0. The number of hydrogen-bond acceptors (Lipinski definition) is 4. The van der Waals surface area contributed by atoms with Crippen LogP contribution in [0.25, 0.3) is 0 Å². The summed E-state index contributed by atoms with van der Waals surface area (Å²) < 4.78 is 38.7. The van der Waals surface area contributed by atoms with Crippen LogP contribution in [-0.2, 0) is 17.5 Å². The Morgan fingerprint density at radius 2 is 1.77 bits per heavy atom. The van der Waals surface area contributed by atoms with Gasteiger partial charge in [0.15, 0.2) is 0 Å². The summed E-state index contributed by atoms with van der Waals surface area (Å²) in [6.45, 7) is 2.95. The number of carbonyl (C=O) groups is 1. The Bertz CT molecular complexity index is 790. The molecule has 3 N–H and O–H groups in total. The molecule has 0 saturated carbocycles. The molecular weight excluding hydrogens is 393 g/mol. The lowest BCUT2D eigenvalue weighted by Gasteiger charge is -2.24. The maximum absolute atomic E-state index is 12.9. The monoisotopic (exact) mass is 420 g/mol. The summed E-state index contributed by atoms with van der Waals surface area (Å²) in [5, 5.41) is 9.45. The topological polar surface area (TPSA) is 66.0 Å². The van der Waals surface area contributed by atoms with Crippen LogP contribution in [0.2, 0.25) is 0 Å². The molecule has 5 nitrogen and oxygen atoms in total. The summed E-state index contributed by atoms with van der Waals surface area (Å²) in [5.41, 5.74) is 0.691. The van der Waals surface area contributed by atoms with Gasteiger partial charge in [-0.1, -0.05) is 12.1 Å². The van der Waals surface area contributed by atoms with Crippen LogP contribution >= 0.6 is 0 Å². The van der Waals surface area contributed by atoms with Gasteiger partial charge in [-0.15, -0.1) is 0 Å². The fourth-order valence-electron chi connectivity index (χ4n) is 3.62. The molecule has 0 spiro atoms. The van der Waals surface area contributed by atoms with Crippen LogP contribution in [0.3, 0.4) is 0 Å². The van der Waals surface area contributed by atoms with E-state index in [0.29, 0.717) is 24.6 Å². The Labute approximate surface area is 174 Å². The molecule has 3 rings (SSSR count). The Kier molecular flexibility index (Phi) is 7.81. The minimum Gasteiger partial charge on any atom is -0.350 e. The molecule has 0 aliphatic carbocycles. The number of nitrogens with one attached hydrogen (secondary N) is 3. The van der Waals surface area contributed by atoms with Crippen molar-refractivity contribution < 1.29 is 18.0 Å². The van der Waals surface area contributed by atoms with E-state index in [0.717, 1.165) is 50.0 Å². The van der Waals surface area contributed by atoms with Gasteiger partial charge in [0.2, 0.25) is 5.91 Å². The molecule has 162 valence electrons. The molecule has 1 unspecified atom stereocenters. The third kappa shape index (κ3) is 6.53. The number of piperidine rings is 1. The van der Waals surface area contributed by atoms with Gasteiger partial charge in [-0.3, -0.25) is 9.78 Å². The van der Waals surface area contributed by atoms with E-state index < -0.39 is 17.8 Å². The number of rotatable bonds is 8. The molecule has 1 aliphatic rings. The lowest BCUT2D eigenvalue weighted by molar-refractivity contribution is -0.137. The second kappa shape index (κ2) is 10.5. The van der Waals surface area contributed by atoms with Crippen LogP contribution < -0.4 is 16.0 Å². The fraction of sp³-hybridized carbons (Fsp3) is 0.455. The average molecular weight is 420 g/mol. The van der Waals surface area contributed by atoms with Crippen LogP contribution in [-0.4, -0.2) is 30.5 Å². The van der Waals surface area contributed by atoms with E-state index in [9.17, 15) is 18.0 Å². The molecule has 2 heterocycles. The maximum atomic E-state index is 12.9. The van der Waals surface area contributed by atoms with E-state index in [1.807, 2.05) is 0 Å². The summed E-state index contributed by atoms with van der Waals surface area (Å²) in [7, 11) is 0. The number of benzene rings is 1. The Morgan fingerprint density at radius 1 is 1.10 bits per heavy atom. The number of alkyl halides is 3. The second-order valence-electron chi connectivity index (χ2n) is 7.56. The average Bonchev–Trinajstić information content (AvgIpc) is 2.76. The zero-order valence-electron chi connectivity index (χ0n) is 16.7. The highest BCUT2D eigenvalue weighted by Gasteiger charge is 2.31. The van der Waals surface area contributed by atoms with Gasteiger partial charge >= 0.3 is 6.18 Å². The third-order valence-corrected chi connectivity index (χ3v) is 5.41. The molecule has 8 heteroatoms. The predicted molar refractivity (Wildman–Crippen MR) is 108 cm³/mol. The lowest BCUT2D eigenvalue weighted by Crippen LogP contribution is -2.38. The minimum absolute atomic E-state index is 0.267. The smallest absolute Gasteiger partial charge is 0.350 e. The molecule has 1 saturated heterocycles. The summed E-state index contributed by atoms with van der Waals surface area (Å²) in [5.74, 6) is 0.323. The zero-order chi connectivity index (χ0) is 21.4. The van der Waals surface area contributed by atoms with E-state index in [1.54, 1.807) is 24.5 Å². The van der Waals surface area contributed by atoms with Crippen molar-refractivity contribution in [1.82, 2.24) is 20.9 Å². The van der Waals surface area contributed by atoms with E-state index in [2.05, 4.69) is 20.9 Å². The van der Waals surface area contributed by atoms with Gasteiger partial charge in [-0.2, -0.15) is 13.2 Å². The SMILES string of the molecule is O=C(NCc1ccncc1)C(NCCC1CCNCC1)c1ccc(C(F)(F)F)cc1. The summed E-state index contributed by atoms with van der Waals surface area (Å²) in [6.07, 6.45) is 2.01. The first-order valence-electron chi connectivity index (χ1n) is 10.2. The van der Waals surface area contributed by atoms with Crippen molar-refractivity contribution in [3.05, 3.63) is 65.5 Å². The first kappa shape index (κ1) is 22.2. The quantitative estimate of drug-likeness (QED) is 0.612. The predicted octanol–water partition coefficient (Wildman–Crippen LogP) is 3.44. The summed E-state index contributed by atoms with van der Waals surface area (Å²) in [6, 6.07) is 7.68. The molecular formula is C22H27F3N4O. The number of carbonyl (C=O) groups excluding carboxylic acids is 1. The molecule has 1 aromatic carbocycles. The third-order valence-electron chi connectivity index (χ3n) is 5.41. The van der Waals surface area contributed by atoms with Gasteiger partial charge in [-0.25, -0.2) is 0 Å². The number of aromatic nitrogens is 1. The summed E-state index contributed by atoms with van der Waals surface area (Å²) in [4.78, 5) is 16.8. The van der Waals surface area contributed by atoms with E-state index in [-0.39, 0.29) is 5.91 Å². The maximum Gasteiger partial charge on any atom is 0.416 e. The molecule has 1 amide bonds. The van der Waals surface area contributed by atoms with Gasteiger partial charge in [0.25, 0.3) is 0 Å². The van der Waals surface area contributed by atoms with Crippen LogP contribution in [0.1, 0.15) is 42.0 Å². The number of pyridine rings is 1. The molecule has 0 radical (unpaired) electrons. The van der Waals surface area contributed by atoms with Crippen LogP contribution in [0.5, 0.6) is 0 Å². The molecule has 2 aromatic rings. The van der Waals surface area contributed by atoms with Crippen molar-refractivity contribution in [3.63, 3.8) is 0 Å². The van der Waals surface area contributed by atoms with Gasteiger partial charge < -0.3 is 16.0 Å². The van der Waals surface area contributed by atoms with Crippen LogP contribution in [0.15, 0.2) is 48.8 Å².